The molecule has 0 aliphatic rings. The first-order chi connectivity index (χ1) is 8.09. The van der Waals surface area contributed by atoms with Crippen LogP contribution in [-0.4, -0.2) is 20.4 Å². The van der Waals surface area contributed by atoms with Gasteiger partial charge in [0.15, 0.2) is 23.0 Å². The molecule has 0 unspecified atom stereocenters. The van der Waals surface area contributed by atoms with Gasteiger partial charge < -0.3 is 25.2 Å². The average molecular weight is 234 g/mol. The normalized spacial score (nSPS) is 10.1. The van der Waals surface area contributed by atoms with Crippen molar-refractivity contribution in [3.63, 3.8) is 0 Å². The third kappa shape index (κ3) is 2.03. The maximum absolute atomic E-state index is 9.51. The third-order valence-electron chi connectivity index (χ3n) is 2.18. The van der Waals surface area contributed by atoms with Gasteiger partial charge in [-0.15, -0.1) is 0 Å². The smallest absolute Gasteiger partial charge is 0.205 e. The fourth-order valence-electron chi connectivity index (χ4n) is 1.29. The molecule has 0 aliphatic heterocycles. The topological polar surface area (TPSA) is 90.2 Å². The molecule has 0 bridgehead atoms. The minimum Gasteiger partial charge on any atom is -0.504 e. The van der Waals surface area contributed by atoms with Crippen LogP contribution >= 0.6 is 0 Å². The summed E-state index contributed by atoms with van der Waals surface area (Å²) >= 11 is 0. The largest absolute Gasteiger partial charge is 0.504 e. The van der Waals surface area contributed by atoms with Crippen molar-refractivity contribution in [1.29, 1.82) is 0 Å². The lowest BCUT2D eigenvalue weighted by Gasteiger charge is -2.10. The molecule has 0 heterocycles. The molecular weight excluding hydrogens is 224 g/mol. The Bertz CT molecular complexity index is 551. The predicted octanol–water partition coefficient (Wildman–Crippen LogP) is 2.30. The Morgan fingerprint density at radius 2 is 1.35 bits per heavy atom. The zero-order valence-electron chi connectivity index (χ0n) is 8.66. The molecule has 0 radical (unpaired) electrons. The van der Waals surface area contributed by atoms with E-state index in [2.05, 4.69) is 0 Å². The molecule has 0 spiro atoms. The van der Waals surface area contributed by atoms with Gasteiger partial charge in [-0.05, 0) is 24.3 Å². The summed E-state index contributed by atoms with van der Waals surface area (Å²) in [6, 6.07) is 8.63. The lowest BCUT2D eigenvalue weighted by atomic mass is 10.2. The van der Waals surface area contributed by atoms with Crippen molar-refractivity contribution in [2.75, 3.05) is 0 Å². The molecule has 0 aliphatic carbocycles. The Hall–Kier alpha value is -2.56. The van der Waals surface area contributed by atoms with Crippen molar-refractivity contribution in [1.82, 2.24) is 0 Å². The van der Waals surface area contributed by atoms with Gasteiger partial charge in [-0.3, -0.25) is 0 Å². The lowest BCUT2D eigenvalue weighted by molar-refractivity contribution is 0.344. The molecule has 5 heteroatoms. The zero-order valence-corrected chi connectivity index (χ0v) is 8.66. The van der Waals surface area contributed by atoms with Crippen molar-refractivity contribution < 1.29 is 25.2 Å². The highest BCUT2D eigenvalue weighted by Gasteiger charge is 2.13. The van der Waals surface area contributed by atoms with Crippen LogP contribution in [0.5, 0.6) is 34.5 Å². The second kappa shape index (κ2) is 4.13. The minimum absolute atomic E-state index is 0.0678. The fraction of sp³-hybridized carbons (Fsp3) is 0. The lowest BCUT2D eigenvalue weighted by Crippen LogP contribution is -1.85. The Morgan fingerprint density at radius 3 is 2.06 bits per heavy atom. The van der Waals surface area contributed by atoms with E-state index < -0.39 is 17.2 Å². The number of para-hydroxylation sites is 2. The number of rotatable bonds is 2. The second-order valence-corrected chi connectivity index (χ2v) is 3.35. The summed E-state index contributed by atoms with van der Waals surface area (Å²) in [5.74, 6) is -1.74. The molecule has 0 amide bonds. The van der Waals surface area contributed by atoms with Gasteiger partial charge in [-0.1, -0.05) is 12.1 Å². The molecule has 0 aromatic heterocycles. The number of hydrogen-bond acceptors (Lipinski definition) is 5. The average Bonchev–Trinajstić information content (AvgIpc) is 2.32. The van der Waals surface area contributed by atoms with Crippen LogP contribution in [0.1, 0.15) is 0 Å². The first-order valence-electron chi connectivity index (χ1n) is 4.79. The van der Waals surface area contributed by atoms with Gasteiger partial charge in [-0.25, -0.2) is 0 Å². The number of benzene rings is 2. The Labute approximate surface area is 96.8 Å². The molecule has 2 rings (SSSR count). The zero-order chi connectivity index (χ0) is 12.4. The summed E-state index contributed by atoms with van der Waals surface area (Å²) in [5, 5.41) is 37.4. The van der Waals surface area contributed by atoms with Gasteiger partial charge in [0.05, 0.1) is 0 Å². The van der Waals surface area contributed by atoms with Crippen LogP contribution in [0.4, 0.5) is 0 Å². The molecule has 2 aromatic rings. The molecule has 0 saturated carbocycles. The van der Waals surface area contributed by atoms with Crippen LogP contribution in [0.15, 0.2) is 36.4 Å². The molecule has 88 valence electrons. The van der Waals surface area contributed by atoms with Crippen molar-refractivity contribution >= 4 is 0 Å². The van der Waals surface area contributed by atoms with Gasteiger partial charge in [0.25, 0.3) is 0 Å². The highest BCUT2D eigenvalue weighted by atomic mass is 16.5. The highest BCUT2D eigenvalue weighted by molar-refractivity contribution is 5.58. The van der Waals surface area contributed by atoms with Gasteiger partial charge in [0.1, 0.15) is 0 Å². The number of aromatic hydroxyl groups is 4. The predicted molar refractivity (Wildman–Crippen MR) is 59.6 cm³/mol. The number of hydrogen-bond donors (Lipinski definition) is 4. The van der Waals surface area contributed by atoms with Gasteiger partial charge in [0.2, 0.25) is 11.5 Å². The van der Waals surface area contributed by atoms with E-state index in [4.69, 9.17) is 9.84 Å². The first-order valence-corrected chi connectivity index (χ1v) is 4.79. The van der Waals surface area contributed by atoms with Crippen LogP contribution in [-0.2, 0) is 0 Å². The van der Waals surface area contributed by atoms with Crippen LogP contribution in [0, 0.1) is 0 Å². The molecule has 0 fully saturated rings. The minimum atomic E-state index is -0.669. The second-order valence-electron chi connectivity index (χ2n) is 3.35. The van der Waals surface area contributed by atoms with E-state index in [1.54, 1.807) is 12.1 Å². The van der Waals surface area contributed by atoms with Crippen molar-refractivity contribution in [3.8, 4) is 34.5 Å². The van der Waals surface area contributed by atoms with Gasteiger partial charge in [-0.2, -0.15) is 0 Å². The van der Waals surface area contributed by atoms with Gasteiger partial charge in [0, 0.05) is 0 Å². The third-order valence-corrected chi connectivity index (χ3v) is 2.18. The summed E-state index contributed by atoms with van der Waals surface area (Å²) in [6.45, 7) is 0. The van der Waals surface area contributed by atoms with E-state index in [1.165, 1.54) is 24.3 Å². The molecule has 2 aromatic carbocycles. The monoisotopic (exact) mass is 234 g/mol. The SMILES string of the molecule is Oc1ccccc1Oc1ccc(O)c(O)c1O. The van der Waals surface area contributed by atoms with Crippen molar-refractivity contribution in [3.05, 3.63) is 36.4 Å². The molecule has 4 N–H and O–H groups in total. The van der Waals surface area contributed by atoms with E-state index in [1.807, 2.05) is 0 Å². The van der Waals surface area contributed by atoms with Crippen molar-refractivity contribution in [2.45, 2.75) is 0 Å². The molecule has 0 atom stereocenters. The maximum Gasteiger partial charge on any atom is 0.205 e. The van der Waals surface area contributed by atoms with E-state index in [-0.39, 0.29) is 17.2 Å². The Morgan fingerprint density at radius 1 is 0.647 bits per heavy atom. The van der Waals surface area contributed by atoms with E-state index in [0.717, 1.165) is 0 Å². The first kappa shape index (κ1) is 10.9. The summed E-state index contributed by atoms with van der Waals surface area (Å²) in [4.78, 5) is 0. The van der Waals surface area contributed by atoms with Crippen LogP contribution in [0.3, 0.4) is 0 Å². The van der Waals surface area contributed by atoms with E-state index in [9.17, 15) is 15.3 Å². The van der Waals surface area contributed by atoms with Crippen molar-refractivity contribution in [2.24, 2.45) is 0 Å². The molecule has 17 heavy (non-hydrogen) atoms. The van der Waals surface area contributed by atoms with Crippen LogP contribution < -0.4 is 4.74 Å². The number of phenolic OH excluding ortho intramolecular Hbond substituents is 4. The Balaban J connectivity index is 2.38. The van der Waals surface area contributed by atoms with Crippen LogP contribution in [0.25, 0.3) is 0 Å². The Kier molecular flexibility index (Phi) is 2.66. The maximum atomic E-state index is 9.51. The summed E-state index contributed by atoms with van der Waals surface area (Å²) < 4.78 is 5.20. The molecule has 5 nitrogen and oxygen atoms in total. The summed E-state index contributed by atoms with van der Waals surface area (Å²) in [6.07, 6.45) is 0. The molecule has 0 saturated heterocycles. The quantitative estimate of drug-likeness (QED) is 0.598. The number of phenols is 4. The summed E-state index contributed by atoms with van der Waals surface area (Å²) in [7, 11) is 0. The summed E-state index contributed by atoms with van der Waals surface area (Å²) in [5.41, 5.74) is 0. The highest BCUT2D eigenvalue weighted by Crippen LogP contribution is 2.44. The standard InChI is InChI=1S/C12H10O5/c13-7-3-1-2-4-9(7)17-10-6-5-8(14)11(15)12(10)16/h1-6,13-16H. The van der Waals surface area contributed by atoms with Gasteiger partial charge >= 0.3 is 0 Å². The fourth-order valence-corrected chi connectivity index (χ4v) is 1.29. The van der Waals surface area contributed by atoms with Crippen LogP contribution in [0.2, 0.25) is 0 Å². The molecular formula is C12H10O5. The van der Waals surface area contributed by atoms with E-state index in [0.29, 0.717) is 0 Å². The van der Waals surface area contributed by atoms with E-state index >= 15 is 0 Å². The number of ether oxygens (including phenoxy) is 1.